The van der Waals surface area contributed by atoms with Crippen molar-refractivity contribution in [1.29, 1.82) is 0 Å². The number of rotatable bonds is 6. The first-order valence-electron chi connectivity index (χ1n) is 8.53. The second kappa shape index (κ2) is 7.31. The number of allylic oxidation sites excluding steroid dienone is 1. The molecule has 0 spiro atoms. The maximum Gasteiger partial charge on any atom is -0.0106 e. The molecule has 0 fully saturated rings. The zero-order valence-corrected chi connectivity index (χ0v) is 15.7. The molecule has 0 N–H and O–H groups in total. The second-order valence-corrected chi connectivity index (χ2v) is 8.25. The van der Waals surface area contributed by atoms with Crippen molar-refractivity contribution in [2.24, 2.45) is 10.8 Å². The Labute approximate surface area is 138 Å². The maximum absolute atomic E-state index is 4.00. The minimum absolute atomic E-state index is 0.299. The Kier molecular flexibility index (Phi) is 6.23. The van der Waals surface area contributed by atoms with Gasteiger partial charge in [-0.25, -0.2) is 0 Å². The van der Waals surface area contributed by atoms with E-state index in [1.54, 1.807) is 0 Å². The number of hydrogen-bond donors (Lipinski definition) is 0. The fraction of sp³-hybridized carbons (Fsp3) is 0.545. The van der Waals surface area contributed by atoms with Crippen LogP contribution < -0.4 is 0 Å². The van der Waals surface area contributed by atoms with Gasteiger partial charge in [-0.1, -0.05) is 91.0 Å². The lowest BCUT2D eigenvalue weighted by atomic mass is 9.67. The lowest BCUT2D eigenvalue weighted by Gasteiger charge is -2.38. The smallest absolute Gasteiger partial charge is 0.0106 e. The molecular weight excluding hydrogens is 264 g/mol. The Morgan fingerprint density at radius 1 is 1.09 bits per heavy atom. The van der Waals surface area contributed by atoms with Crippen molar-refractivity contribution in [2.75, 3.05) is 0 Å². The van der Waals surface area contributed by atoms with Gasteiger partial charge < -0.3 is 0 Å². The minimum Gasteiger partial charge on any atom is -0.0984 e. The van der Waals surface area contributed by atoms with Gasteiger partial charge in [0, 0.05) is 0 Å². The molecule has 1 aromatic rings. The van der Waals surface area contributed by atoms with Gasteiger partial charge in [0.25, 0.3) is 0 Å². The van der Waals surface area contributed by atoms with Crippen LogP contribution in [0, 0.1) is 10.8 Å². The summed E-state index contributed by atoms with van der Waals surface area (Å²) >= 11 is 0. The summed E-state index contributed by atoms with van der Waals surface area (Å²) in [6, 6.07) is 6.90. The summed E-state index contributed by atoms with van der Waals surface area (Å²) in [6.45, 7) is 20.2. The van der Waals surface area contributed by atoms with Crippen LogP contribution in [0.2, 0.25) is 0 Å². The molecule has 0 aliphatic carbocycles. The van der Waals surface area contributed by atoms with Gasteiger partial charge in [-0.15, -0.1) is 0 Å². The molecule has 0 heteroatoms. The van der Waals surface area contributed by atoms with E-state index < -0.39 is 0 Å². The van der Waals surface area contributed by atoms with Crippen LogP contribution in [0.3, 0.4) is 0 Å². The van der Waals surface area contributed by atoms with Gasteiger partial charge in [-0.3, -0.25) is 0 Å². The maximum atomic E-state index is 4.00. The van der Waals surface area contributed by atoms with Gasteiger partial charge >= 0.3 is 0 Å². The molecule has 0 aliphatic heterocycles. The van der Waals surface area contributed by atoms with Crippen molar-refractivity contribution in [3.05, 3.63) is 47.5 Å². The summed E-state index contributed by atoms with van der Waals surface area (Å²) in [5.74, 6) is 0.566. The first-order chi connectivity index (χ1) is 10.1. The molecule has 1 aromatic carbocycles. The average Bonchev–Trinajstić information content (AvgIpc) is 2.44. The highest BCUT2D eigenvalue weighted by atomic mass is 14.4. The second-order valence-electron chi connectivity index (χ2n) is 8.25. The summed E-state index contributed by atoms with van der Waals surface area (Å²) < 4.78 is 0. The normalized spacial score (nSPS) is 14.3. The van der Waals surface area contributed by atoms with Gasteiger partial charge in [0.1, 0.15) is 0 Å². The van der Waals surface area contributed by atoms with E-state index in [9.17, 15) is 0 Å². The standard InChI is InChI=1S/C22H34/c1-9-12-18-13-14-19(15-17(18)10-2)20(16-21(4,5)6)22(7,8)11-3/h9-10,12-15,20H,2,11,16H2,1,3-8H3/b12-9-. The summed E-state index contributed by atoms with van der Waals surface area (Å²) in [6.07, 6.45) is 8.61. The monoisotopic (exact) mass is 298 g/mol. The lowest BCUT2D eigenvalue weighted by molar-refractivity contribution is 0.203. The Morgan fingerprint density at radius 2 is 1.73 bits per heavy atom. The summed E-state index contributed by atoms with van der Waals surface area (Å²) in [5, 5.41) is 0. The third-order valence-corrected chi connectivity index (χ3v) is 4.75. The molecule has 122 valence electrons. The van der Waals surface area contributed by atoms with E-state index in [2.05, 4.69) is 85.4 Å². The van der Waals surface area contributed by atoms with E-state index in [1.807, 2.05) is 6.08 Å². The molecule has 1 atom stereocenters. The van der Waals surface area contributed by atoms with Crippen molar-refractivity contribution in [2.45, 2.75) is 67.2 Å². The minimum atomic E-state index is 0.299. The van der Waals surface area contributed by atoms with Gasteiger partial charge in [0.05, 0.1) is 0 Å². The molecule has 0 saturated heterocycles. The summed E-state index contributed by atoms with van der Waals surface area (Å²) in [5.41, 5.74) is 4.57. The molecule has 0 bridgehead atoms. The molecule has 0 aliphatic rings. The van der Waals surface area contributed by atoms with E-state index in [0.717, 1.165) is 0 Å². The Hall–Kier alpha value is -1.30. The topological polar surface area (TPSA) is 0 Å². The van der Waals surface area contributed by atoms with E-state index in [4.69, 9.17) is 0 Å². The molecule has 1 unspecified atom stereocenters. The van der Waals surface area contributed by atoms with Crippen LogP contribution in [0.4, 0.5) is 0 Å². The van der Waals surface area contributed by atoms with Gasteiger partial charge in [0.2, 0.25) is 0 Å². The Bertz CT molecular complexity index is 523. The van der Waals surface area contributed by atoms with Gasteiger partial charge in [0.15, 0.2) is 0 Å². The zero-order valence-electron chi connectivity index (χ0n) is 15.7. The SMILES string of the molecule is C=Cc1cc(C(CC(C)(C)C)C(C)(C)CC)ccc1/C=C\C. The molecule has 22 heavy (non-hydrogen) atoms. The fourth-order valence-electron chi connectivity index (χ4n) is 3.02. The van der Waals surface area contributed by atoms with Crippen LogP contribution in [0.25, 0.3) is 12.2 Å². The Morgan fingerprint density at radius 3 is 2.18 bits per heavy atom. The molecule has 0 heterocycles. The van der Waals surface area contributed by atoms with E-state index in [-0.39, 0.29) is 0 Å². The lowest BCUT2D eigenvalue weighted by Crippen LogP contribution is -2.26. The van der Waals surface area contributed by atoms with Crippen molar-refractivity contribution < 1.29 is 0 Å². The molecule has 0 amide bonds. The zero-order chi connectivity index (χ0) is 17.0. The Balaban J connectivity index is 3.34. The highest BCUT2D eigenvalue weighted by Crippen LogP contribution is 2.45. The first kappa shape index (κ1) is 18.7. The van der Waals surface area contributed by atoms with Crippen LogP contribution in [0.5, 0.6) is 0 Å². The van der Waals surface area contributed by atoms with Crippen molar-refractivity contribution >= 4 is 12.2 Å². The van der Waals surface area contributed by atoms with Crippen molar-refractivity contribution in [3.63, 3.8) is 0 Å². The van der Waals surface area contributed by atoms with Crippen LogP contribution in [-0.4, -0.2) is 0 Å². The van der Waals surface area contributed by atoms with Crippen LogP contribution in [0.15, 0.2) is 30.9 Å². The van der Waals surface area contributed by atoms with Crippen molar-refractivity contribution in [3.8, 4) is 0 Å². The fourth-order valence-corrected chi connectivity index (χ4v) is 3.02. The first-order valence-corrected chi connectivity index (χ1v) is 8.53. The van der Waals surface area contributed by atoms with E-state index >= 15 is 0 Å². The van der Waals surface area contributed by atoms with Crippen LogP contribution >= 0.6 is 0 Å². The van der Waals surface area contributed by atoms with E-state index in [0.29, 0.717) is 16.7 Å². The molecular formula is C22H34. The highest BCUT2D eigenvalue weighted by Gasteiger charge is 2.32. The molecule has 0 saturated carbocycles. The van der Waals surface area contributed by atoms with Crippen LogP contribution in [-0.2, 0) is 0 Å². The van der Waals surface area contributed by atoms with E-state index in [1.165, 1.54) is 29.5 Å². The molecule has 0 radical (unpaired) electrons. The van der Waals surface area contributed by atoms with Gasteiger partial charge in [-0.2, -0.15) is 0 Å². The number of hydrogen-bond acceptors (Lipinski definition) is 0. The van der Waals surface area contributed by atoms with Crippen molar-refractivity contribution in [1.82, 2.24) is 0 Å². The summed E-state index contributed by atoms with van der Waals surface area (Å²) in [4.78, 5) is 0. The highest BCUT2D eigenvalue weighted by molar-refractivity contribution is 5.65. The average molecular weight is 299 g/mol. The third-order valence-electron chi connectivity index (χ3n) is 4.75. The quantitative estimate of drug-likeness (QED) is 0.516. The van der Waals surface area contributed by atoms with Crippen LogP contribution in [0.1, 0.15) is 83.9 Å². The predicted octanol–water partition coefficient (Wildman–Crippen LogP) is 7.32. The number of benzene rings is 1. The summed E-state index contributed by atoms with van der Waals surface area (Å²) in [7, 11) is 0. The molecule has 0 aromatic heterocycles. The largest absolute Gasteiger partial charge is 0.0984 e. The predicted molar refractivity (Wildman–Crippen MR) is 102 cm³/mol. The third kappa shape index (κ3) is 4.87. The molecule has 1 rings (SSSR count). The molecule has 0 nitrogen and oxygen atoms in total. The van der Waals surface area contributed by atoms with Gasteiger partial charge in [-0.05, 0) is 46.8 Å².